The second-order valence-corrected chi connectivity index (χ2v) is 5.66. The predicted octanol–water partition coefficient (Wildman–Crippen LogP) is 2.89. The number of ketones is 1. The second kappa shape index (κ2) is 6.64. The quantitative estimate of drug-likeness (QED) is 0.854. The van der Waals surface area contributed by atoms with Crippen LogP contribution in [-0.4, -0.2) is 25.9 Å². The molecule has 0 amide bonds. The molecule has 1 N–H and O–H groups in total. The number of benzene rings is 2. The fourth-order valence-corrected chi connectivity index (χ4v) is 2.72. The van der Waals surface area contributed by atoms with Gasteiger partial charge in [-0.1, -0.05) is 0 Å². The standard InChI is InChI=1S/C17H17NOSe/c1-12-7-3-6-10-16(12)18-17(20)15-9-5-4-8-14(15)11-13(2)19/h3-10H,11H2,1-2H3,(H,18,20). The fourth-order valence-electron chi connectivity index (χ4n) is 2.07. The first-order valence-electron chi connectivity index (χ1n) is 6.52. The number of carbonyl (C=O) groups is 1. The third kappa shape index (κ3) is 3.66. The van der Waals surface area contributed by atoms with Gasteiger partial charge in [0.15, 0.2) is 0 Å². The molecular formula is C17H17NOSe. The van der Waals surface area contributed by atoms with Gasteiger partial charge in [0, 0.05) is 0 Å². The van der Waals surface area contributed by atoms with Gasteiger partial charge in [-0.25, -0.2) is 0 Å². The van der Waals surface area contributed by atoms with Crippen LogP contribution in [0.3, 0.4) is 0 Å². The second-order valence-electron chi connectivity index (χ2n) is 4.80. The van der Waals surface area contributed by atoms with Gasteiger partial charge in [0.25, 0.3) is 0 Å². The van der Waals surface area contributed by atoms with Crippen molar-refractivity contribution in [1.29, 1.82) is 0 Å². The average Bonchev–Trinajstić information content (AvgIpc) is 2.41. The number of aryl methyl sites for hydroxylation is 1. The summed E-state index contributed by atoms with van der Waals surface area (Å²) in [6.45, 7) is 3.68. The van der Waals surface area contributed by atoms with Crippen molar-refractivity contribution in [2.75, 3.05) is 5.32 Å². The van der Waals surface area contributed by atoms with E-state index >= 15 is 0 Å². The molecule has 2 nitrogen and oxygen atoms in total. The summed E-state index contributed by atoms with van der Waals surface area (Å²) in [5, 5.41) is 3.39. The molecule has 0 radical (unpaired) electrons. The van der Waals surface area contributed by atoms with Crippen LogP contribution in [0.1, 0.15) is 23.6 Å². The van der Waals surface area contributed by atoms with E-state index in [1.165, 1.54) is 5.56 Å². The van der Waals surface area contributed by atoms with Crippen molar-refractivity contribution in [2.45, 2.75) is 20.3 Å². The van der Waals surface area contributed by atoms with Crippen LogP contribution < -0.4 is 5.32 Å². The first kappa shape index (κ1) is 14.7. The van der Waals surface area contributed by atoms with E-state index < -0.39 is 0 Å². The van der Waals surface area contributed by atoms with Crippen molar-refractivity contribution in [3.05, 3.63) is 65.2 Å². The molecule has 3 heteroatoms. The summed E-state index contributed by atoms with van der Waals surface area (Å²) in [4.78, 5) is 11.4. The molecule has 0 aliphatic rings. The minimum absolute atomic E-state index is 0.168. The van der Waals surface area contributed by atoms with E-state index in [2.05, 4.69) is 33.9 Å². The first-order valence-corrected chi connectivity index (χ1v) is 7.38. The summed E-state index contributed by atoms with van der Waals surface area (Å²) < 4.78 is 0.941. The van der Waals surface area contributed by atoms with Gasteiger partial charge < -0.3 is 0 Å². The number of para-hydroxylation sites is 1. The number of hydrogen-bond acceptors (Lipinski definition) is 2. The van der Waals surface area contributed by atoms with Gasteiger partial charge in [-0.15, -0.1) is 0 Å². The summed E-state index contributed by atoms with van der Waals surface area (Å²) in [6.07, 6.45) is 0.455. The molecule has 20 heavy (non-hydrogen) atoms. The third-order valence-electron chi connectivity index (χ3n) is 3.09. The molecule has 0 saturated carbocycles. The molecule has 0 heterocycles. The molecule has 0 bridgehead atoms. The number of nitrogens with one attached hydrogen (secondary N) is 1. The van der Waals surface area contributed by atoms with E-state index in [9.17, 15) is 4.79 Å². The molecular weight excluding hydrogens is 313 g/mol. The van der Waals surface area contributed by atoms with E-state index in [1.54, 1.807) is 6.92 Å². The normalized spacial score (nSPS) is 10.1. The van der Waals surface area contributed by atoms with E-state index in [-0.39, 0.29) is 5.78 Å². The number of anilines is 1. The zero-order chi connectivity index (χ0) is 14.5. The Labute approximate surface area is 127 Å². The molecule has 0 spiro atoms. The summed E-state index contributed by atoms with van der Waals surface area (Å²) in [6, 6.07) is 16.1. The molecule has 0 saturated heterocycles. The zero-order valence-corrected chi connectivity index (χ0v) is 13.4. The molecule has 2 aromatic carbocycles. The fraction of sp³-hybridized carbons (Fsp3) is 0.176. The van der Waals surface area contributed by atoms with Gasteiger partial charge in [-0.3, -0.25) is 0 Å². The number of rotatable bonds is 5. The Morgan fingerprint density at radius 2 is 1.75 bits per heavy atom. The van der Waals surface area contributed by atoms with Gasteiger partial charge >= 0.3 is 127 Å². The molecule has 0 aliphatic heterocycles. The summed E-state index contributed by atoms with van der Waals surface area (Å²) in [5.41, 5.74) is 4.34. The van der Waals surface area contributed by atoms with E-state index in [1.807, 2.05) is 42.5 Å². The maximum atomic E-state index is 11.4. The van der Waals surface area contributed by atoms with Crippen LogP contribution in [0, 0.1) is 6.92 Å². The molecule has 102 valence electrons. The van der Waals surface area contributed by atoms with Crippen molar-refractivity contribution in [3.8, 4) is 0 Å². The number of Topliss-reactive ketones (excluding diaryl/α,β-unsaturated/α-hetero) is 1. The van der Waals surface area contributed by atoms with Crippen LogP contribution in [0.4, 0.5) is 5.69 Å². The van der Waals surface area contributed by atoms with Gasteiger partial charge in [-0.05, 0) is 0 Å². The Hall–Kier alpha value is -1.70. The maximum absolute atomic E-state index is 11.4. The third-order valence-corrected chi connectivity index (χ3v) is 3.77. The zero-order valence-electron chi connectivity index (χ0n) is 11.6. The topological polar surface area (TPSA) is 29.1 Å². The number of hydrogen-bond donors (Lipinski definition) is 1. The molecule has 0 aliphatic carbocycles. The summed E-state index contributed by atoms with van der Waals surface area (Å²) >= 11 is 3.08. The molecule has 0 fully saturated rings. The number of carbonyl (C=O) groups excluding carboxylic acids is 1. The van der Waals surface area contributed by atoms with Gasteiger partial charge in [-0.2, -0.15) is 0 Å². The monoisotopic (exact) mass is 331 g/mol. The Morgan fingerprint density at radius 3 is 2.45 bits per heavy atom. The van der Waals surface area contributed by atoms with Gasteiger partial charge in [0.2, 0.25) is 0 Å². The predicted molar refractivity (Wildman–Crippen MR) is 85.5 cm³/mol. The van der Waals surface area contributed by atoms with Crippen LogP contribution in [-0.2, 0) is 11.2 Å². The van der Waals surface area contributed by atoms with Crippen LogP contribution in [0.5, 0.6) is 0 Å². The molecule has 0 aromatic heterocycles. The van der Waals surface area contributed by atoms with Crippen molar-refractivity contribution in [3.63, 3.8) is 0 Å². The Morgan fingerprint density at radius 1 is 1.10 bits per heavy atom. The van der Waals surface area contributed by atoms with Crippen LogP contribution in [0.2, 0.25) is 0 Å². The van der Waals surface area contributed by atoms with E-state index in [0.717, 1.165) is 21.4 Å². The Kier molecular flexibility index (Phi) is 4.89. The van der Waals surface area contributed by atoms with E-state index in [0.29, 0.717) is 6.42 Å². The molecule has 0 unspecified atom stereocenters. The first-order chi connectivity index (χ1) is 9.58. The molecule has 2 rings (SSSR count). The van der Waals surface area contributed by atoms with Crippen molar-refractivity contribution >= 4 is 31.6 Å². The van der Waals surface area contributed by atoms with Crippen LogP contribution >= 0.6 is 0 Å². The van der Waals surface area contributed by atoms with Crippen LogP contribution in [0.15, 0.2) is 48.5 Å². The minimum atomic E-state index is 0.168. The van der Waals surface area contributed by atoms with Gasteiger partial charge in [0.1, 0.15) is 0 Å². The molecule has 2 aromatic rings. The van der Waals surface area contributed by atoms with Gasteiger partial charge in [0.05, 0.1) is 0 Å². The van der Waals surface area contributed by atoms with Crippen molar-refractivity contribution in [1.82, 2.24) is 0 Å². The Balaban J connectivity index is 2.26. The van der Waals surface area contributed by atoms with E-state index in [4.69, 9.17) is 0 Å². The SMILES string of the molecule is CC(=O)Cc1ccccc1C(=[Se])Nc1ccccc1C. The van der Waals surface area contributed by atoms with Crippen LogP contribution in [0.25, 0.3) is 0 Å². The van der Waals surface area contributed by atoms with Crippen molar-refractivity contribution in [2.24, 2.45) is 0 Å². The van der Waals surface area contributed by atoms with Crippen molar-refractivity contribution < 1.29 is 4.79 Å². The summed E-state index contributed by atoms with van der Waals surface area (Å²) in [7, 11) is 0. The summed E-state index contributed by atoms with van der Waals surface area (Å²) in [5.74, 6) is 0.168. The Bertz CT molecular complexity index is 649. The average molecular weight is 330 g/mol. The molecule has 0 atom stereocenters.